The van der Waals surface area contributed by atoms with E-state index in [-0.39, 0.29) is 16.8 Å². The van der Waals surface area contributed by atoms with Crippen LogP contribution in [0.25, 0.3) is 0 Å². The Hall–Kier alpha value is -1.44. The number of sulfonamides is 1. The average molecular weight is 368 g/mol. The van der Waals surface area contributed by atoms with Gasteiger partial charge in [0.1, 0.15) is 0 Å². The number of rotatable bonds is 7. The van der Waals surface area contributed by atoms with E-state index in [0.717, 1.165) is 19.3 Å². The fourth-order valence-corrected chi connectivity index (χ4v) is 4.35. The number of hydrogen-bond acceptors (Lipinski definition) is 4. The van der Waals surface area contributed by atoms with Crippen LogP contribution in [0.5, 0.6) is 0 Å². The molecule has 1 amide bonds. The molecule has 1 aromatic rings. The lowest BCUT2D eigenvalue weighted by Crippen LogP contribution is -2.38. The van der Waals surface area contributed by atoms with Crippen molar-refractivity contribution in [3.63, 3.8) is 0 Å². The summed E-state index contributed by atoms with van der Waals surface area (Å²) in [5, 5.41) is 2.89. The lowest BCUT2D eigenvalue weighted by atomic mass is 10.0. The van der Waals surface area contributed by atoms with Crippen molar-refractivity contribution < 1.29 is 17.9 Å². The fraction of sp³-hybridized carbons (Fsp3) is 0.611. The maximum Gasteiger partial charge on any atom is 0.251 e. The molecule has 1 atom stereocenters. The van der Waals surface area contributed by atoms with E-state index in [4.69, 9.17) is 4.74 Å². The van der Waals surface area contributed by atoms with Gasteiger partial charge in [-0.1, -0.05) is 13.8 Å². The molecule has 1 fully saturated rings. The minimum absolute atomic E-state index is 0.0590. The highest BCUT2D eigenvalue weighted by Crippen LogP contribution is 2.23. The van der Waals surface area contributed by atoms with Crippen molar-refractivity contribution in [3.05, 3.63) is 29.8 Å². The molecular weight excluding hydrogens is 340 g/mol. The van der Waals surface area contributed by atoms with E-state index in [1.807, 2.05) is 6.92 Å². The minimum atomic E-state index is -3.48. The number of hydrogen-bond donors (Lipinski definition) is 1. The second-order valence-electron chi connectivity index (χ2n) is 6.64. The Balaban J connectivity index is 2.07. The third-order valence-corrected chi connectivity index (χ3v) is 6.61. The zero-order valence-electron chi connectivity index (χ0n) is 15.2. The maximum absolute atomic E-state index is 12.7. The number of carbonyl (C=O) groups excluding carboxylic acids is 1. The van der Waals surface area contributed by atoms with Crippen LogP contribution in [0.4, 0.5) is 0 Å². The van der Waals surface area contributed by atoms with Crippen molar-refractivity contribution in [1.29, 1.82) is 0 Å². The molecule has 25 heavy (non-hydrogen) atoms. The lowest BCUT2D eigenvalue weighted by molar-refractivity contribution is 0.0894. The molecule has 1 unspecified atom stereocenters. The first-order valence-electron chi connectivity index (χ1n) is 8.78. The second kappa shape index (κ2) is 8.78. The van der Waals surface area contributed by atoms with Gasteiger partial charge in [0.15, 0.2) is 0 Å². The first-order chi connectivity index (χ1) is 11.9. The third-order valence-electron chi connectivity index (χ3n) is 4.69. The summed E-state index contributed by atoms with van der Waals surface area (Å²) < 4.78 is 32.0. The Kier molecular flexibility index (Phi) is 6.98. The number of methoxy groups -OCH3 is 1. The van der Waals surface area contributed by atoms with E-state index >= 15 is 0 Å². The SMILES string of the molecule is CCC(COC)NC(=O)c1ccc(S(=O)(=O)N2CCC(C)CC2)cc1. The molecule has 1 aromatic carbocycles. The standard InChI is InChI=1S/C18H28N2O4S/c1-4-16(13-24-3)19-18(21)15-5-7-17(8-6-15)25(22,23)20-11-9-14(2)10-12-20/h5-8,14,16H,4,9-13H2,1-3H3,(H,19,21). The monoisotopic (exact) mass is 368 g/mol. The van der Waals surface area contributed by atoms with Crippen LogP contribution in [-0.4, -0.2) is 51.5 Å². The van der Waals surface area contributed by atoms with Gasteiger partial charge < -0.3 is 10.1 Å². The van der Waals surface area contributed by atoms with E-state index in [1.54, 1.807) is 19.2 Å². The second-order valence-corrected chi connectivity index (χ2v) is 8.58. The molecule has 0 bridgehead atoms. The summed E-state index contributed by atoms with van der Waals surface area (Å²) in [7, 11) is -1.89. The van der Waals surface area contributed by atoms with Crippen molar-refractivity contribution in [2.75, 3.05) is 26.8 Å². The molecule has 1 aliphatic rings. The van der Waals surface area contributed by atoms with Gasteiger partial charge in [0.2, 0.25) is 10.0 Å². The summed E-state index contributed by atoms with van der Waals surface area (Å²) in [6, 6.07) is 6.10. The van der Waals surface area contributed by atoms with Gasteiger partial charge in [0.25, 0.3) is 5.91 Å². The van der Waals surface area contributed by atoms with E-state index in [0.29, 0.717) is 31.2 Å². The van der Waals surface area contributed by atoms with Crippen LogP contribution < -0.4 is 5.32 Å². The molecule has 1 heterocycles. The van der Waals surface area contributed by atoms with Crippen molar-refractivity contribution in [2.45, 2.75) is 44.0 Å². The highest BCUT2D eigenvalue weighted by molar-refractivity contribution is 7.89. The molecule has 0 aromatic heterocycles. The van der Waals surface area contributed by atoms with Gasteiger partial charge in [0, 0.05) is 25.8 Å². The fourth-order valence-electron chi connectivity index (χ4n) is 2.88. The van der Waals surface area contributed by atoms with E-state index < -0.39 is 10.0 Å². The Morgan fingerprint density at radius 1 is 1.28 bits per heavy atom. The third kappa shape index (κ3) is 5.03. The first kappa shape index (κ1) is 19.9. The normalized spacial score (nSPS) is 18.0. The van der Waals surface area contributed by atoms with Gasteiger partial charge in [-0.05, 0) is 49.4 Å². The molecule has 2 rings (SSSR count). The molecule has 0 saturated carbocycles. The van der Waals surface area contributed by atoms with Gasteiger partial charge >= 0.3 is 0 Å². The Morgan fingerprint density at radius 2 is 1.88 bits per heavy atom. The first-order valence-corrected chi connectivity index (χ1v) is 10.2. The zero-order chi connectivity index (χ0) is 18.4. The molecule has 0 aliphatic carbocycles. The number of nitrogens with one attached hydrogen (secondary N) is 1. The van der Waals surface area contributed by atoms with Crippen LogP contribution in [0.3, 0.4) is 0 Å². The van der Waals surface area contributed by atoms with E-state index in [1.165, 1.54) is 16.4 Å². The van der Waals surface area contributed by atoms with Gasteiger partial charge in [-0.3, -0.25) is 4.79 Å². The Bertz CT molecular complexity index is 665. The molecular formula is C18H28N2O4S. The van der Waals surface area contributed by atoms with E-state index in [9.17, 15) is 13.2 Å². The minimum Gasteiger partial charge on any atom is -0.383 e. The zero-order valence-corrected chi connectivity index (χ0v) is 16.0. The number of carbonyl (C=O) groups is 1. The van der Waals surface area contributed by atoms with Crippen molar-refractivity contribution in [2.24, 2.45) is 5.92 Å². The highest BCUT2D eigenvalue weighted by atomic mass is 32.2. The molecule has 0 radical (unpaired) electrons. The number of ether oxygens (including phenoxy) is 1. The predicted octanol–water partition coefficient (Wildman–Crippen LogP) is 2.26. The number of piperidine rings is 1. The maximum atomic E-state index is 12.7. The summed E-state index contributed by atoms with van der Waals surface area (Å²) in [4.78, 5) is 12.5. The van der Waals surface area contributed by atoms with Crippen molar-refractivity contribution in [3.8, 4) is 0 Å². The topological polar surface area (TPSA) is 75.7 Å². The Morgan fingerprint density at radius 3 is 2.40 bits per heavy atom. The average Bonchev–Trinajstić information content (AvgIpc) is 2.61. The molecule has 7 heteroatoms. The molecule has 6 nitrogen and oxygen atoms in total. The summed E-state index contributed by atoms with van der Waals surface area (Å²) in [5.74, 6) is 0.343. The molecule has 1 N–H and O–H groups in total. The van der Waals surface area contributed by atoms with Gasteiger partial charge in [0.05, 0.1) is 17.5 Å². The van der Waals surface area contributed by atoms with Crippen LogP contribution in [0.2, 0.25) is 0 Å². The molecule has 1 saturated heterocycles. The lowest BCUT2D eigenvalue weighted by Gasteiger charge is -2.29. The quantitative estimate of drug-likeness (QED) is 0.801. The summed E-state index contributed by atoms with van der Waals surface area (Å²) >= 11 is 0. The van der Waals surface area contributed by atoms with Gasteiger partial charge in [-0.25, -0.2) is 8.42 Å². The smallest absolute Gasteiger partial charge is 0.251 e. The van der Waals surface area contributed by atoms with E-state index in [2.05, 4.69) is 12.2 Å². The van der Waals surface area contributed by atoms with Crippen LogP contribution >= 0.6 is 0 Å². The number of nitrogens with zero attached hydrogens (tertiary/aromatic N) is 1. The summed E-state index contributed by atoms with van der Waals surface area (Å²) in [5.41, 5.74) is 0.445. The largest absolute Gasteiger partial charge is 0.383 e. The van der Waals surface area contributed by atoms with Crippen LogP contribution in [0.1, 0.15) is 43.5 Å². The molecule has 140 valence electrons. The molecule has 0 spiro atoms. The predicted molar refractivity (Wildman–Crippen MR) is 97.0 cm³/mol. The number of amides is 1. The van der Waals surface area contributed by atoms with Crippen molar-refractivity contribution in [1.82, 2.24) is 9.62 Å². The van der Waals surface area contributed by atoms with Crippen LogP contribution in [0.15, 0.2) is 29.2 Å². The number of benzene rings is 1. The van der Waals surface area contributed by atoms with Gasteiger partial charge in [-0.15, -0.1) is 0 Å². The highest BCUT2D eigenvalue weighted by Gasteiger charge is 2.28. The van der Waals surface area contributed by atoms with Crippen LogP contribution in [-0.2, 0) is 14.8 Å². The van der Waals surface area contributed by atoms with Crippen molar-refractivity contribution >= 4 is 15.9 Å². The summed E-state index contributed by atoms with van der Waals surface area (Å²) in [6.07, 6.45) is 2.54. The van der Waals surface area contributed by atoms with Crippen LogP contribution in [0, 0.1) is 5.92 Å². The molecule has 1 aliphatic heterocycles. The Labute approximate surface area is 150 Å². The summed E-state index contributed by atoms with van der Waals surface area (Å²) in [6.45, 7) is 5.67. The van der Waals surface area contributed by atoms with Gasteiger partial charge in [-0.2, -0.15) is 4.31 Å².